The van der Waals surface area contributed by atoms with Crippen LogP contribution in [0.4, 0.5) is 0 Å². The van der Waals surface area contributed by atoms with Crippen molar-refractivity contribution in [3.05, 3.63) is 36.4 Å². The molecule has 0 fully saturated rings. The monoisotopic (exact) mass is 314 g/mol. The average Bonchev–Trinajstić information content (AvgIpc) is 2.47. The van der Waals surface area contributed by atoms with Crippen molar-refractivity contribution in [3.8, 4) is 5.75 Å². The minimum absolute atomic E-state index is 0.0295. The molecule has 0 amide bonds. The van der Waals surface area contributed by atoms with Crippen LogP contribution in [0.2, 0.25) is 0 Å². The summed E-state index contributed by atoms with van der Waals surface area (Å²) in [6.45, 7) is 3.98. The van der Waals surface area contributed by atoms with Gasteiger partial charge in [0.15, 0.2) is 0 Å². The highest BCUT2D eigenvalue weighted by Crippen LogP contribution is 2.24. The van der Waals surface area contributed by atoms with Crippen LogP contribution in [0, 0.1) is 0 Å². The van der Waals surface area contributed by atoms with Crippen LogP contribution in [0.15, 0.2) is 35.7 Å². The van der Waals surface area contributed by atoms with Gasteiger partial charge in [-0.15, -0.1) is 6.58 Å². The van der Waals surface area contributed by atoms with Gasteiger partial charge in [-0.2, -0.15) is 4.31 Å². The molecule has 0 radical (unpaired) electrons. The lowest BCUT2D eigenvalue weighted by molar-refractivity contribution is 0.260. The molecule has 21 heavy (non-hydrogen) atoms. The fraction of sp³-hybridized carbons (Fsp3) is 0.429. The van der Waals surface area contributed by atoms with Gasteiger partial charge in [0, 0.05) is 25.2 Å². The Morgan fingerprint density at radius 3 is 2.71 bits per heavy atom. The van der Waals surface area contributed by atoms with E-state index < -0.39 is 10.0 Å². The Hall–Kier alpha value is -1.41. The van der Waals surface area contributed by atoms with Gasteiger partial charge in [-0.05, 0) is 25.2 Å². The normalized spacial score (nSPS) is 11.6. The summed E-state index contributed by atoms with van der Waals surface area (Å²) in [6, 6.07) is 4.71. The van der Waals surface area contributed by atoms with E-state index in [-0.39, 0.29) is 24.6 Å². The standard InChI is InChI=1S/C14H22N2O4S/c1-4-7-16(8-9-17)21(18,19)13-5-6-14(20-3)12(10-13)11-15-2/h4-6,10,15,17H,1,7-9,11H2,2-3H3. The zero-order valence-electron chi connectivity index (χ0n) is 12.4. The summed E-state index contributed by atoms with van der Waals surface area (Å²) in [5.41, 5.74) is 0.753. The first-order valence-electron chi connectivity index (χ1n) is 6.54. The fourth-order valence-electron chi connectivity index (χ4n) is 1.96. The van der Waals surface area contributed by atoms with Gasteiger partial charge >= 0.3 is 0 Å². The molecular weight excluding hydrogens is 292 g/mol. The lowest BCUT2D eigenvalue weighted by Gasteiger charge is -2.20. The minimum atomic E-state index is -3.67. The third kappa shape index (κ3) is 4.28. The first-order valence-corrected chi connectivity index (χ1v) is 7.98. The highest BCUT2D eigenvalue weighted by atomic mass is 32.2. The topological polar surface area (TPSA) is 78.9 Å². The second kappa shape index (κ2) is 8.14. The molecule has 118 valence electrons. The largest absolute Gasteiger partial charge is 0.496 e. The molecule has 0 saturated carbocycles. The van der Waals surface area contributed by atoms with Crippen LogP contribution in [0.25, 0.3) is 0 Å². The number of benzene rings is 1. The Morgan fingerprint density at radius 1 is 1.48 bits per heavy atom. The average molecular weight is 314 g/mol. The summed E-state index contributed by atoms with van der Waals surface area (Å²) in [4.78, 5) is 0.170. The fourth-order valence-corrected chi connectivity index (χ4v) is 3.41. The van der Waals surface area contributed by atoms with Crippen LogP contribution in [-0.2, 0) is 16.6 Å². The van der Waals surface area contributed by atoms with Crippen LogP contribution < -0.4 is 10.1 Å². The van der Waals surface area contributed by atoms with E-state index in [0.717, 1.165) is 5.56 Å². The van der Waals surface area contributed by atoms with Crippen LogP contribution in [0.3, 0.4) is 0 Å². The molecule has 6 nitrogen and oxygen atoms in total. The SMILES string of the molecule is C=CCN(CCO)S(=O)(=O)c1ccc(OC)c(CNC)c1. The molecule has 0 aliphatic heterocycles. The Balaban J connectivity index is 3.23. The number of rotatable bonds is 9. The van der Waals surface area contributed by atoms with E-state index in [9.17, 15) is 8.42 Å². The van der Waals surface area contributed by atoms with Gasteiger partial charge in [-0.3, -0.25) is 0 Å². The second-order valence-electron chi connectivity index (χ2n) is 4.38. The third-order valence-corrected chi connectivity index (χ3v) is 4.80. The summed E-state index contributed by atoms with van der Waals surface area (Å²) in [5, 5.41) is 12.0. The molecule has 0 aliphatic rings. The van der Waals surface area contributed by atoms with E-state index in [4.69, 9.17) is 9.84 Å². The quantitative estimate of drug-likeness (QED) is 0.652. The molecule has 7 heteroatoms. The van der Waals surface area contributed by atoms with Crippen molar-refractivity contribution in [1.29, 1.82) is 0 Å². The summed E-state index contributed by atoms with van der Waals surface area (Å²) < 4.78 is 31.6. The number of methoxy groups -OCH3 is 1. The Bertz CT molecular complexity index is 572. The molecule has 2 N–H and O–H groups in total. The number of nitrogens with one attached hydrogen (secondary N) is 1. The van der Waals surface area contributed by atoms with Crippen molar-refractivity contribution < 1.29 is 18.3 Å². The molecule has 1 aromatic rings. The van der Waals surface area contributed by atoms with Gasteiger partial charge in [-0.25, -0.2) is 8.42 Å². The van der Waals surface area contributed by atoms with Crippen molar-refractivity contribution >= 4 is 10.0 Å². The first kappa shape index (κ1) is 17.6. The minimum Gasteiger partial charge on any atom is -0.496 e. The molecule has 0 unspecified atom stereocenters. The van der Waals surface area contributed by atoms with E-state index >= 15 is 0 Å². The van der Waals surface area contributed by atoms with Gasteiger partial charge in [0.05, 0.1) is 18.6 Å². The summed E-state index contributed by atoms with van der Waals surface area (Å²) in [6.07, 6.45) is 1.49. The molecule has 0 bridgehead atoms. The Kier molecular flexibility index (Phi) is 6.83. The van der Waals surface area contributed by atoms with E-state index in [1.807, 2.05) is 0 Å². The molecule has 0 heterocycles. The molecule has 0 spiro atoms. The predicted octanol–water partition coefficient (Wildman–Crippen LogP) is 0.584. The van der Waals surface area contributed by atoms with Gasteiger partial charge in [0.25, 0.3) is 0 Å². The van der Waals surface area contributed by atoms with Crippen LogP contribution in [0.1, 0.15) is 5.56 Å². The lowest BCUT2D eigenvalue weighted by atomic mass is 10.2. The van der Waals surface area contributed by atoms with E-state index in [1.165, 1.54) is 16.4 Å². The summed E-state index contributed by atoms with van der Waals surface area (Å²) in [7, 11) is -0.358. The van der Waals surface area contributed by atoms with Gasteiger partial charge in [0.1, 0.15) is 5.75 Å². The van der Waals surface area contributed by atoms with Crippen molar-refractivity contribution in [2.24, 2.45) is 0 Å². The zero-order chi connectivity index (χ0) is 15.9. The van der Waals surface area contributed by atoms with Crippen LogP contribution in [-0.4, -0.2) is 51.7 Å². The van der Waals surface area contributed by atoms with Crippen molar-refractivity contribution in [1.82, 2.24) is 9.62 Å². The van der Waals surface area contributed by atoms with Gasteiger partial charge in [0.2, 0.25) is 10.0 Å². The Morgan fingerprint density at radius 2 is 2.19 bits per heavy atom. The van der Waals surface area contributed by atoms with E-state index in [0.29, 0.717) is 12.3 Å². The highest BCUT2D eigenvalue weighted by Gasteiger charge is 2.24. The molecule has 0 saturated heterocycles. The number of aliphatic hydroxyl groups excluding tert-OH is 1. The zero-order valence-corrected chi connectivity index (χ0v) is 13.2. The Labute approximate surface area is 126 Å². The third-order valence-electron chi connectivity index (χ3n) is 2.94. The van der Waals surface area contributed by atoms with Crippen LogP contribution >= 0.6 is 0 Å². The number of ether oxygens (including phenoxy) is 1. The summed E-state index contributed by atoms with van der Waals surface area (Å²) >= 11 is 0. The van der Waals surface area contributed by atoms with Gasteiger partial charge in [-0.1, -0.05) is 6.08 Å². The lowest BCUT2D eigenvalue weighted by Crippen LogP contribution is -2.33. The summed E-state index contributed by atoms with van der Waals surface area (Å²) in [5.74, 6) is 0.626. The number of nitrogens with zero attached hydrogens (tertiary/aromatic N) is 1. The molecule has 0 aliphatic carbocycles. The van der Waals surface area contributed by atoms with Crippen LogP contribution in [0.5, 0.6) is 5.75 Å². The van der Waals surface area contributed by atoms with Crippen molar-refractivity contribution in [2.45, 2.75) is 11.4 Å². The predicted molar refractivity (Wildman–Crippen MR) is 81.8 cm³/mol. The maximum absolute atomic E-state index is 12.6. The van der Waals surface area contributed by atoms with Crippen molar-refractivity contribution in [3.63, 3.8) is 0 Å². The first-order chi connectivity index (χ1) is 10.0. The van der Waals surface area contributed by atoms with Crippen molar-refractivity contribution in [2.75, 3.05) is 33.9 Å². The number of aliphatic hydroxyl groups is 1. The number of sulfonamides is 1. The number of hydrogen-bond acceptors (Lipinski definition) is 5. The highest BCUT2D eigenvalue weighted by molar-refractivity contribution is 7.89. The molecule has 0 aromatic heterocycles. The maximum atomic E-state index is 12.6. The maximum Gasteiger partial charge on any atom is 0.243 e. The molecule has 1 rings (SSSR count). The second-order valence-corrected chi connectivity index (χ2v) is 6.32. The number of hydrogen-bond donors (Lipinski definition) is 2. The smallest absolute Gasteiger partial charge is 0.243 e. The molecule has 1 aromatic carbocycles. The molecule has 0 atom stereocenters. The molecular formula is C14H22N2O4S. The van der Waals surface area contributed by atoms with E-state index in [1.54, 1.807) is 26.3 Å². The van der Waals surface area contributed by atoms with Gasteiger partial charge < -0.3 is 15.2 Å². The van der Waals surface area contributed by atoms with E-state index in [2.05, 4.69) is 11.9 Å².